The van der Waals surface area contributed by atoms with Crippen LogP contribution in [0.3, 0.4) is 0 Å². The zero-order chi connectivity index (χ0) is 20.0. The van der Waals surface area contributed by atoms with Gasteiger partial charge in [0.1, 0.15) is 16.9 Å². The quantitative estimate of drug-likeness (QED) is 0.722. The Hall–Kier alpha value is -3.61. The van der Waals surface area contributed by atoms with E-state index in [2.05, 4.69) is 15.3 Å². The zero-order valence-corrected chi connectivity index (χ0v) is 15.9. The Morgan fingerprint density at radius 1 is 1.24 bits per heavy atom. The van der Waals surface area contributed by atoms with E-state index in [0.29, 0.717) is 24.4 Å². The lowest BCUT2D eigenvalue weighted by Crippen LogP contribution is -2.42. The molecule has 29 heavy (non-hydrogen) atoms. The molecule has 2 aliphatic rings. The number of methoxy groups -OCH3 is 1. The Morgan fingerprint density at radius 3 is 2.90 bits per heavy atom. The highest BCUT2D eigenvalue weighted by molar-refractivity contribution is 6.08. The number of hydrogen-bond donors (Lipinski definition) is 2. The van der Waals surface area contributed by atoms with Crippen molar-refractivity contribution in [2.45, 2.75) is 17.9 Å². The summed E-state index contributed by atoms with van der Waals surface area (Å²) < 4.78 is 5.41. The lowest BCUT2D eigenvalue weighted by Gasteiger charge is -2.34. The predicted molar refractivity (Wildman–Crippen MR) is 107 cm³/mol. The minimum absolute atomic E-state index is 0.0774. The summed E-state index contributed by atoms with van der Waals surface area (Å²) in [6.07, 6.45) is 3.54. The van der Waals surface area contributed by atoms with Gasteiger partial charge in [0, 0.05) is 12.2 Å². The number of carbonyl (C=O) groups is 2. The summed E-state index contributed by atoms with van der Waals surface area (Å²) in [5.41, 5.74) is 2.15. The molecule has 0 bridgehead atoms. The largest absolute Gasteiger partial charge is 0.497 e. The van der Waals surface area contributed by atoms with Crippen molar-refractivity contribution in [1.29, 1.82) is 0 Å². The van der Waals surface area contributed by atoms with Gasteiger partial charge < -0.3 is 19.9 Å². The maximum atomic E-state index is 13.3. The maximum Gasteiger partial charge on any atom is 0.272 e. The number of rotatable bonds is 3. The van der Waals surface area contributed by atoms with Gasteiger partial charge in [0.2, 0.25) is 5.91 Å². The number of para-hydroxylation sites is 1. The van der Waals surface area contributed by atoms with E-state index in [1.54, 1.807) is 12.0 Å². The van der Waals surface area contributed by atoms with E-state index in [9.17, 15) is 9.59 Å². The van der Waals surface area contributed by atoms with Crippen LogP contribution >= 0.6 is 0 Å². The first-order valence-electron chi connectivity index (χ1n) is 9.49. The zero-order valence-electron chi connectivity index (χ0n) is 15.9. The van der Waals surface area contributed by atoms with E-state index in [-0.39, 0.29) is 11.8 Å². The van der Waals surface area contributed by atoms with Crippen LogP contribution in [0.5, 0.6) is 5.75 Å². The van der Waals surface area contributed by atoms with E-state index in [1.165, 1.54) is 12.5 Å². The van der Waals surface area contributed by atoms with Gasteiger partial charge in [-0.1, -0.05) is 30.3 Å². The minimum atomic E-state index is -0.849. The fourth-order valence-corrected chi connectivity index (χ4v) is 4.71. The second-order valence-corrected chi connectivity index (χ2v) is 7.36. The standard InChI is InChI=1S/C22H20N4O3/c1-29-15-6-4-5-14(11-15)19-22(16-7-2-3-8-17(16)25-21(22)28)9-10-26(19)20(27)18-12-23-13-24-18/h2-8,11-13,19H,9-10H2,1H3,(H,23,24)(H,25,28)/t19-,22+/m0/s1. The maximum absolute atomic E-state index is 13.3. The molecule has 1 saturated heterocycles. The number of benzene rings is 2. The van der Waals surface area contributed by atoms with Gasteiger partial charge >= 0.3 is 0 Å². The summed E-state index contributed by atoms with van der Waals surface area (Å²) in [6, 6.07) is 14.9. The number of hydrogen-bond acceptors (Lipinski definition) is 4. The average Bonchev–Trinajstić information content (AvgIpc) is 3.48. The van der Waals surface area contributed by atoms with E-state index >= 15 is 0 Å². The van der Waals surface area contributed by atoms with E-state index < -0.39 is 11.5 Å². The van der Waals surface area contributed by atoms with Crippen LogP contribution < -0.4 is 10.1 Å². The topological polar surface area (TPSA) is 87.3 Å². The van der Waals surface area contributed by atoms with Crippen LogP contribution in [0.15, 0.2) is 61.1 Å². The number of nitrogens with one attached hydrogen (secondary N) is 2. The van der Waals surface area contributed by atoms with E-state index in [1.807, 2.05) is 48.5 Å². The van der Waals surface area contributed by atoms with Crippen molar-refractivity contribution in [3.05, 3.63) is 77.9 Å². The van der Waals surface area contributed by atoms with Crippen molar-refractivity contribution < 1.29 is 14.3 Å². The summed E-state index contributed by atoms with van der Waals surface area (Å²) >= 11 is 0. The molecule has 0 unspecified atom stereocenters. The van der Waals surface area contributed by atoms with Crippen molar-refractivity contribution in [3.8, 4) is 5.75 Å². The Morgan fingerprint density at radius 2 is 2.10 bits per heavy atom. The molecular weight excluding hydrogens is 368 g/mol. The average molecular weight is 388 g/mol. The number of imidazole rings is 1. The second-order valence-electron chi connectivity index (χ2n) is 7.36. The molecule has 0 radical (unpaired) electrons. The van der Waals surface area contributed by atoms with Gasteiger partial charge in [-0.15, -0.1) is 0 Å². The van der Waals surface area contributed by atoms with Crippen LogP contribution in [0.25, 0.3) is 0 Å². The molecule has 2 aliphatic heterocycles. The molecule has 7 heteroatoms. The Bertz CT molecular complexity index is 1090. The van der Waals surface area contributed by atoms with Crippen molar-refractivity contribution >= 4 is 17.5 Å². The SMILES string of the molecule is COc1cccc([C@@H]2N(C(=O)c3cnc[nH]3)CC[C@]23C(=O)Nc2ccccc23)c1. The lowest BCUT2D eigenvalue weighted by molar-refractivity contribution is -0.121. The minimum Gasteiger partial charge on any atom is -0.497 e. The normalized spacial score (nSPS) is 22.6. The van der Waals surface area contributed by atoms with Crippen molar-refractivity contribution in [2.24, 2.45) is 0 Å². The molecule has 3 heterocycles. The molecule has 146 valence electrons. The van der Waals surface area contributed by atoms with Crippen molar-refractivity contribution in [2.75, 3.05) is 19.0 Å². The van der Waals surface area contributed by atoms with Crippen LogP contribution in [-0.4, -0.2) is 40.3 Å². The lowest BCUT2D eigenvalue weighted by atomic mass is 9.72. The van der Waals surface area contributed by atoms with Crippen LogP contribution in [0.1, 0.15) is 34.1 Å². The van der Waals surface area contributed by atoms with Crippen LogP contribution in [0, 0.1) is 0 Å². The number of nitrogens with zero attached hydrogens (tertiary/aromatic N) is 2. The molecule has 0 aliphatic carbocycles. The molecule has 2 N–H and O–H groups in total. The highest BCUT2D eigenvalue weighted by atomic mass is 16.5. The molecule has 1 spiro atoms. The number of aromatic nitrogens is 2. The van der Waals surface area contributed by atoms with Gasteiger partial charge in [0.15, 0.2) is 0 Å². The first-order chi connectivity index (χ1) is 14.1. The van der Waals surface area contributed by atoms with Crippen LogP contribution in [0.4, 0.5) is 5.69 Å². The number of amides is 2. The van der Waals surface area contributed by atoms with Crippen molar-refractivity contribution in [3.63, 3.8) is 0 Å². The number of carbonyl (C=O) groups excluding carboxylic acids is 2. The van der Waals surface area contributed by atoms with Crippen molar-refractivity contribution in [1.82, 2.24) is 14.9 Å². The number of H-pyrrole nitrogens is 1. The molecular formula is C22H20N4O3. The van der Waals surface area contributed by atoms with Crippen LogP contribution in [-0.2, 0) is 10.2 Å². The van der Waals surface area contributed by atoms with Crippen LogP contribution in [0.2, 0.25) is 0 Å². The van der Waals surface area contributed by atoms with E-state index in [0.717, 1.165) is 16.8 Å². The Kier molecular flexibility index (Phi) is 3.91. The molecule has 3 aromatic rings. The number of ether oxygens (including phenoxy) is 1. The van der Waals surface area contributed by atoms with Gasteiger partial charge in [-0.25, -0.2) is 4.98 Å². The summed E-state index contributed by atoms with van der Waals surface area (Å²) in [6.45, 7) is 0.460. The Balaban J connectivity index is 1.69. The molecule has 7 nitrogen and oxygen atoms in total. The second kappa shape index (κ2) is 6.48. The van der Waals surface area contributed by atoms with E-state index in [4.69, 9.17) is 4.74 Å². The third-order valence-corrected chi connectivity index (χ3v) is 5.99. The summed E-state index contributed by atoms with van der Waals surface area (Å²) in [4.78, 5) is 35.3. The first kappa shape index (κ1) is 17.5. The highest BCUT2D eigenvalue weighted by Crippen LogP contribution is 2.55. The summed E-state index contributed by atoms with van der Waals surface area (Å²) in [7, 11) is 1.61. The fraction of sp³-hybridized carbons (Fsp3) is 0.227. The number of aromatic amines is 1. The first-order valence-corrected chi connectivity index (χ1v) is 9.49. The fourth-order valence-electron chi connectivity index (χ4n) is 4.71. The van der Waals surface area contributed by atoms with Gasteiger partial charge in [-0.05, 0) is 35.7 Å². The smallest absolute Gasteiger partial charge is 0.272 e. The molecule has 5 rings (SSSR count). The van der Waals surface area contributed by atoms with Gasteiger partial charge in [-0.2, -0.15) is 0 Å². The van der Waals surface area contributed by atoms with Gasteiger partial charge in [-0.3, -0.25) is 9.59 Å². The molecule has 1 fully saturated rings. The number of likely N-dealkylation sites (tertiary alicyclic amines) is 1. The highest BCUT2D eigenvalue weighted by Gasteiger charge is 2.59. The predicted octanol–water partition coefficient (Wildman–Crippen LogP) is 2.90. The molecule has 2 amide bonds. The number of anilines is 1. The summed E-state index contributed by atoms with van der Waals surface area (Å²) in [5, 5.41) is 3.02. The molecule has 1 aromatic heterocycles. The Labute approximate surface area is 167 Å². The number of fused-ring (bicyclic) bond motifs is 2. The van der Waals surface area contributed by atoms with Gasteiger partial charge in [0.25, 0.3) is 5.91 Å². The third kappa shape index (κ3) is 2.47. The third-order valence-electron chi connectivity index (χ3n) is 5.99. The molecule has 2 aromatic carbocycles. The molecule has 2 atom stereocenters. The van der Waals surface area contributed by atoms with Gasteiger partial charge in [0.05, 0.1) is 25.7 Å². The molecule has 0 saturated carbocycles. The monoisotopic (exact) mass is 388 g/mol. The summed E-state index contributed by atoms with van der Waals surface area (Å²) in [5.74, 6) is 0.431.